The molecule has 2 atom stereocenters. The average Bonchev–Trinajstić information content (AvgIpc) is 3.01. The zero-order valence-electron chi connectivity index (χ0n) is 14.7. The Labute approximate surface area is 170 Å². The largest absolute Gasteiger partial charge is 0.361 e. The van der Waals surface area contributed by atoms with Gasteiger partial charge in [0.2, 0.25) is 0 Å². The van der Waals surface area contributed by atoms with Gasteiger partial charge in [0.1, 0.15) is 10.8 Å². The number of pyridine rings is 1. The van der Waals surface area contributed by atoms with Crippen LogP contribution in [0.1, 0.15) is 35.2 Å². The molecular formula is C17H24Cl2N4O2S. The maximum absolute atomic E-state index is 12.7. The van der Waals surface area contributed by atoms with Crippen molar-refractivity contribution >= 4 is 42.5 Å². The molecule has 3 heterocycles. The molecule has 0 bridgehead atoms. The molecule has 0 radical (unpaired) electrons. The minimum atomic E-state index is -0.0671. The molecule has 2 aromatic heterocycles. The van der Waals surface area contributed by atoms with E-state index in [4.69, 9.17) is 4.52 Å². The molecule has 6 nitrogen and oxygen atoms in total. The fraction of sp³-hybridized carbons (Fsp3) is 0.471. The summed E-state index contributed by atoms with van der Waals surface area (Å²) in [7, 11) is 0. The number of halogens is 2. The highest BCUT2D eigenvalue weighted by molar-refractivity contribution is 7.98. The number of amides is 1. The number of piperidine rings is 1. The fourth-order valence-electron chi connectivity index (χ4n) is 2.74. The first-order valence-corrected chi connectivity index (χ1v) is 9.13. The van der Waals surface area contributed by atoms with Crippen LogP contribution < -0.4 is 10.6 Å². The van der Waals surface area contributed by atoms with Gasteiger partial charge < -0.3 is 15.2 Å². The summed E-state index contributed by atoms with van der Waals surface area (Å²) in [6.45, 7) is 5.87. The van der Waals surface area contributed by atoms with Crippen molar-refractivity contribution in [3.8, 4) is 0 Å². The molecule has 3 rings (SSSR count). The van der Waals surface area contributed by atoms with E-state index in [0.29, 0.717) is 22.3 Å². The van der Waals surface area contributed by atoms with Crippen molar-refractivity contribution in [3.05, 3.63) is 41.4 Å². The summed E-state index contributed by atoms with van der Waals surface area (Å²) in [6, 6.07) is 5.66. The van der Waals surface area contributed by atoms with Crippen molar-refractivity contribution in [2.45, 2.75) is 37.1 Å². The van der Waals surface area contributed by atoms with E-state index in [1.807, 2.05) is 19.1 Å². The molecule has 2 unspecified atom stereocenters. The van der Waals surface area contributed by atoms with E-state index in [1.165, 1.54) is 11.8 Å². The first-order valence-electron chi connectivity index (χ1n) is 8.15. The van der Waals surface area contributed by atoms with E-state index in [0.717, 1.165) is 31.0 Å². The van der Waals surface area contributed by atoms with Gasteiger partial charge in [-0.15, -0.1) is 24.8 Å². The highest BCUT2D eigenvalue weighted by Crippen LogP contribution is 2.24. The van der Waals surface area contributed by atoms with Crippen LogP contribution in [0.5, 0.6) is 0 Å². The predicted molar refractivity (Wildman–Crippen MR) is 107 cm³/mol. The molecule has 0 saturated carbocycles. The van der Waals surface area contributed by atoms with E-state index in [-0.39, 0.29) is 36.8 Å². The Balaban J connectivity index is 0.00000169. The number of hydrogen-bond donors (Lipinski definition) is 2. The number of aryl methyl sites for hydroxylation is 1. The SMILES string of the molecule is Cc1cc(CSc2ncccc2C(=O)NC2CNCCC2C)no1.Cl.Cl. The molecule has 2 N–H and O–H groups in total. The van der Waals surface area contributed by atoms with Crippen molar-refractivity contribution in [1.29, 1.82) is 0 Å². The molecule has 0 aromatic carbocycles. The number of nitrogens with zero attached hydrogens (tertiary/aromatic N) is 2. The number of carbonyl (C=O) groups excluding carboxylic acids is 1. The summed E-state index contributed by atoms with van der Waals surface area (Å²) >= 11 is 1.49. The zero-order valence-corrected chi connectivity index (χ0v) is 17.2. The van der Waals surface area contributed by atoms with E-state index in [9.17, 15) is 4.79 Å². The monoisotopic (exact) mass is 418 g/mol. The second kappa shape index (κ2) is 10.8. The molecule has 1 aliphatic heterocycles. The van der Waals surface area contributed by atoms with Crippen molar-refractivity contribution in [3.63, 3.8) is 0 Å². The van der Waals surface area contributed by atoms with Crippen LogP contribution in [0.25, 0.3) is 0 Å². The molecular weight excluding hydrogens is 395 g/mol. The maximum atomic E-state index is 12.7. The van der Waals surface area contributed by atoms with Crippen LogP contribution in [0.4, 0.5) is 0 Å². The highest BCUT2D eigenvalue weighted by atomic mass is 35.5. The first kappa shape index (κ1) is 22.8. The normalized spacial score (nSPS) is 19.2. The molecule has 1 saturated heterocycles. The Morgan fingerprint density at radius 3 is 2.96 bits per heavy atom. The van der Waals surface area contributed by atoms with Gasteiger partial charge in [0, 0.05) is 30.6 Å². The van der Waals surface area contributed by atoms with Crippen LogP contribution in [-0.2, 0) is 5.75 Å². The molecule has 9 heteroatoms. The Morgan fingerprint density at radius 1 is 1.46 bits per heavy atom. The molecule has 144 valence electrons. The van der Waals surface area contributed by atoms with Gasteiger partial charge in [0.25, 0.3) is 5.91 Å². The molecule has 1 fully saturated rings. The van der Waals surface area contributed by atoms with Gasteiger partial charge >= 0.3 is 0 Å². The van der Waals surface area contributed by atoms with Crippen LogP contribution in [-0.4, -0.2) is 35.2 Å². The lowest BCUT2D eigenvalue weighted by Gasteiger charge is -2.30. The van der Waals surface area contributed by atoms with Crippen molar-refractivity contribution < 1.29 is 9.32 Å². The van der Waals surface area contributed by atoms with Gasteiger partial charge in [0.15, 0.2) is 0 Å². The Bertz CT molecular complexity index is 714. The first-order chi connectivity index (χ1) is 11.6. The molecule has 0 spiro atoms. The van der Waals surface area contributed by atoms with E-state index in [2.05, 4.69) is 27.7 Å². The number of rotatable bonds is 5. The third-order valence-corrected chi connectivity index (χ3v) is 5.23. The summed E-state index contributed by atoms with van der Waals surface area (Å²) in [5, 5.41) is 11.2. The molecule has 0 aliphatic carbocycles. The van der Waals surface area contributed by atoms with Crippen molar-refractivity contribution in [1.82, 2.24) is 20.8 Å². The lowest BCUT2D eigenvalue weighted by Crippen LogP contribution is -2.50. The molecule has 1 amide bonds. The van der Waals surface area contributed by atoms with Crippen LogP contribution >= 0.6 is 36.6 Å². The van der Waals surface area contributed by atoms with Crippen LogP contribution in [0, 0.1) is 12.8 Å². The smallest absolute Gasteiger partial charge is 0.254 e. The summed E-state index contributed by atoms with van der Waals surface area (Å²) < 4.78 is 5.07. The van der Waals surface area contributed by atoms with Gasteiger partial charge in [0.05, 0.1) is 11.3 Å². The Hall–Kier alpha value is -1.28. The minimum absolute atomic E-state index is 0. The summed E-state index contributed by atoms with van der Waals surface area (Å²) in [5.74, 6) is 1.81. The number of thioether (sulfide) groups is 1. The predicted octanol–water partition coefficient (Wildman–Crippen LogP) is 3.24. The standard InChI is InChI=1S/C17H22N4O2S.2ClH/c1-11-5-7-18-9-15(11)20-16(22)14-4-3-6-19-17(14)24-10-13-8-12(2)23-21-13;;/h3-4,6,8,11,15,18H,5,7,9-10H2,1-2H3,(H,20,22);2*1H. The summed E-state index contributed by atoms with van der Waals surface area (Å²) in [6.07, 6.45) is 2.78. The fourth-order valence-corrected chi connectivity index (χ4v) is 3.61. The van der Waals surface area contributed by atoms with Crippen LogP contribution in [0.2, 0.25) is 0 Å². The quantitative estimate of drug-likeness (QED) is 0.725. The number of aromatic nitrogens is 2. The van der Waals surface area contributed by atoms with Crippen molar-refractivity contribution in [2.24, 2.45) is 5.92 Å². The van der Waals surface area contributed by atoms with Gasteiger partial charge in [-0.25, -0.2) is 4.98 Å². The molecule has 1 aliphatic rings. The zero-order chi connectivity index (χ0) is 16.9. The minimum Gasteiger partial charge on any atom is -0.361 e. The highest BCUT2D eigenvalue weighted by Gasteiger charge is 2.24. The molecule has 2 aromatic rings. The topological polar surface area (TPSA) is 80.0 Å². The number of hydrogen-bond acceptors (Lipinski definition) is 6. The lowest BCUT2D eigenvalue weighted by atomic mass is 9.94. The van der Waals surface area contributed by atoms with Gasteiger partial charge in [-0.3, -0.25) is 4.79 Å². The van der Waals surface area contributed by atoms with E-state index < -0.39 is 0 Å². The third-order valence-electron chi connectivity index (χ3n) is 4.19. The maximum Gasteiger partial charge on any atom is 0.254 e. The lowest BCUT2D eigenvalue weighted by molar-refractivity contribution is 0.0911. The van der Waals surface area contributed by atoms with E-state index in [1.54, 1.807) is 12.3 Å². The summed E-state index contributed by atoms with van der Waals surface area (Å²) in [5.41, 5.74) is 1.46. The third kappa shape index (κ3) is 5.87. The Morgan fingerprint density at radius 2 is 2.27 bits per heavy atom. The van der Waals surface area contributed by atoms with Gasteiger partial charge in [-0.05, 0) is 37.9 Å². The summed E-state index contributed by atoms with van der Waals surface area (Å²) in [4.78, 5) is 17.0. The van der Waals surface area contributed by atoms with Crippen molar-refractivity contribution in [2.75, 3.05) is 13.1 Å². The van der Waals surface area contributed by atoms with Gasteiger partial charge in [-0.1, -0.05) is 23.8 Å². The van der Waals surface area contributed by atoms with Crippen LogP contribution in [0.3, 0.4) is 0 Å². The second-order valence-electron chi connectivity index (χ2n) is 6.12. The Kier molecular flexibility index (Phi) is 9.43. The number of carbonyl (C=O) groups is 1. The second-order valence-corrected chi connectivity index (χ2v) is 7.09. The average molecular weight is 419 g/mol. The van der Waals surface area contributed by atoms with E-state index >= 15 is 0 Å². The van der Waals surface area contributed by atoms with Crippen LogP contribution in [0.15, 0.2) is 33.9 Å². The number of nitrogens with one attached hydrogen (secondary N) is 2. The van der Waals surface area contributed by atoms with Gasteiger partial charge in [-0.2, -0.15) is 0 Å². The molecule has 26 heavy (non-hydrogen) atoms.